The monoisotopic (exact) mass is 1360 g/mol. The summed E-state index contributed by atoms with van der Waals surface area (Å²) in [5.41, 5.74) is 9.52. The zero-order chi connectivity index (χ0) is 35.3. The number of halogens is 6. The van der Waals surface area contributed by atoms with E-state index in [1.807, 2.05) is 46.9 Å². The molecule has 1 atom stereocenters. The minimum absolute atomic E-state index is 0.0771. The normalized spacial score (nSPS) is 12.3. The van der Waals surface area contributed by atoms with Gasteiger partial charge in [-0.15, -0.1) is 0 Å². The molecular formula is C29H27I6NO9P2. The zero-order valence-corrected chi connectivity index (χ0v) is 38.6. The lowest BCUT2D eigenvalue weighted by Crippen LogP contribution is -2.22. The number of hydrogen-bond acceptors (Lipinski definition) is 6. The Morgan fingerprint density at radius 3 is 1.64 bits per heavy atom. The van der Waals surface area contributed by atoms with Crippen molar-refractivity contribution in [2.75, 3.05) is 6.16 Å². The average Bonchev–Trinajstić information content (AvgIpc) is 2.95. The van der Waals surface area contributed by atoms with E-state index in [1.54, 1.807) is 36.4 Å². The van der Waals surface area contributed by atoms with Crippen LogP contribution in [0, 0.1) is 21.4 Å². The summed E-state index contributed by atoms with van der Waals surface area (Å²) in [6, 6.07) is 18.1. The van der Waals surface area contributed by atoms with E-state index in [9.17, 15) is 19.3 Å². The molecule has 47 heavy (non-hydrogen) atoms. The van der Waals surface area contributed by atoms with E-state index in [2.05, 4.69) is 113 Å². The van der Waals surface area contributed by atoms with Gasteiger partial charge in [0.05, 0.1) is 20.4 Å². The highest BCUT2D eigenvalue weighted by molar-refractivity contribution is 14.1. The Bertz CT molecular complexity index is 1810. The number of hydrogen-bond donors (Lipinski definition) is 7. The molecule has 0 radical (unpaired) electrons. The predicted octanol–water partition coefficient (Wildman–Crippen LogP) is 8.52. The quantitative estimate of drug-likeness (QED) is 0.0599. The smallest absolute Gasteiger partial charge is 0.342 e. The van der Waals surface area contributed by atoms with Gasteiger partial charge in [0.1, 0.15) is 23.0 Å². The molecule has 0 amide bonds. The minimum Gasteiger partial charge on any atom is -0.507 e. The number of aryl methyl sites for hydroxylation is 1. The van der Waals surface area contributed by atoms with Crippen molar-refractivity contribution in [1.29, 1.82) is 0 Å². The third kappa shape index (κ3) is 13.8. The molecule has 0 saturated heterocycles. The molecule has 4 rings (SSSR count). The highest BCUT2D eigenvalue weighted by atomic mass is 127. The maximum Gasteiger partial charge on any atom is 0.342 e. The van der Waals surface area contributed by atoms with Crippen LogP contribution in [0.5, 0.6) is 23.0 Å². The molecule has 1 unspecified atom stereocenters. The lowest BCUT2D eigenvalue weighted by Gasteiger charge is -2.16. The fourth-order valence-corrected chi connectivity index (χ4v) is 10.4. The van der Waals surface area contributed by atoms with E-state index in [1.165, 1.54) is 5.56 Å². The Labute approximate surface area is 353 Å². The fraction of sp³-hybridized carbons (Fsp3) is 0.172. The topological polar surface area (TPSA) is 191 Å². The average molecular weight is 1360 g/mol. The van der Waals surface area contributed by atoms with Crippen LogP contribution in [0.15, 0.2) is 60.7 Å². The van der Waals surface area contributed by atoms with Gasteiger partial charge in [0.2, 0.25) is 0 Å². The molecule has 8 N–H and O–H groups in total. The summed E-state index contributed by atoms with van der Waals surface area (Å²) >= 11 is 12.9. The molecule has 0 aliphatic carbocycles. The second-order valence-corrected chi connectivity index (χ2v) is 20.7. The number of nitrogens with two attached hydrogens (primary N) is 1. The van der Waals surface area contributed by atoms with E-state index >= 15 is 0 Å². The fourth-order valence-electron chi connectivity index (χ4n) is 3.97. The molecule has 0 heterocycles. The number of phenolic OH excluding ortho intramolecular Hbond substituents is 2. The lowest BCUT2D eigenvalue weighted by molar-refractivity contribution is 0.357. The van der Waals surface area contributed by atoms with Gasteiger partial charge in [0, 0.05) is 7.14 Å². The zero-order valence-electron chi connectivity index (χ0n) is 23.8. The molecule has 4 aromatic carbocycles. The highest BCUT2D eigenvalue weighted by Crippen LogP contribution is 2.41. The summed E-state index contributed by atoms with van der Waals surface area (Å²) in [7, 11) is -8.28. The molecule has 0 bridgehead atoms. The summed E-state index contributed by atoms with van der Waals surface area (Å²) in [5, 5.41) is 19.2. The van der Waals surface area contributed by atoms with Crippen molar-refractivity contribution >= 4 is 151 Å². The van der Waals surface area contributed by atoms with Gasteiger partial charge in [0.15, 0.2) is 5.75 Å². The molecule has 0 saturated carbocycles. The van der Waals surface area contributed by atoms with Crippen molar-refractivity contribution in [3.05, 3.63) is 104 Å². The summed E-state index contributed by atoms with van der Waals surface area (Å²) in [6.45, 7) is 0. The molecule has 0 aliphatic heterocycles. The molecule has 0 aromatic heterocycles. The van der Waals surface area contributed by atoms with Gasteiger partial charge < -0.3 is 40.3 Å². The Morgan fingerprint density at radius 2 is 1.15 bits per heavy atom. The van der Waals surface area contributed by atoms with Crippen molar-refractivity contribution < 1.29 is 43.7 Å². The van der Waals surface area contributed by atoms with Gasteiger partial charge in [-0.3, -0.25) is 9.13 Å². The van der Waals surface area contributed by atoms with Crippen LogP contribution in [0.25, 0.3) is 0 Å². The SMILES string of the molecule is NC(Cc1cc(I)c(Oc2ccc(O)c(I)c2)c(I)c1)P(=O)(O)O.O=P(O)(O)CCc1cc(I)c(Cc2ccc(O)c(I)c2)c(I)c1. The van der Waals surface area contributed by atoms with Crippen LogP contribution in [-0.4, -0.2) is 41.7 Å². The van der Waals surface area contributed by atoms with Crippen molar-refractivity contribution in [2.24, 2.45) is 5.73 Å². The molecule has 0 aliphatic rings. The number of ether oxygens (including phenoxy) is 1. The Morgan fingerprint density at radius 1 is 0.660 bits per heavy atom. The minimum atomic E-state index is -4.31. The van der Waals surface area contributed by atoms with E-state index in [4.69, 9.17) is 30.0 Å². The van der Waals surface area contributed by atoms with Crippen LogP contribution in [0.4, 0.5) is 0 Å². The van der Waals surface area contributed by atoms with E-state index in [0.29, 0.717) is 21.5 Å². The first-order valence-electron chi connectivity index (χ1n) is 13.2. The Hall–Kier alpha value is 0.920. The standard InChI is InChI=1S/C15H14I3O4P.C14H13I3NO5P/c16-12-6-10(3-4-23(20,21)22)7-13(17)11(12)5-9-1-2-15(19)14(18)8-9;15-9-6-8(1-2-12(9)19)23-14-10(16)3-7(4-11(14)17)5-13(18)24(20,21)22/h1-2,6-8,19H,3-5H2,(H2,20,21,22);1-4,6,13,19H,5,18H2,(H2,20,21,22). The molecule has 254 valence electrons. The molecule has 0 spiro atoms. The summed E-state index contributed by atoms with van der Waals surface area (Å²) < 4.78 is 33.4. The maximum absolute atomic E-state index is 11.2. The number of rotatable bonds is 10. The number of benzene rings is 4. The summed E-state index contributed by atoms with van der Waals surface area (Å²) in [4.78, 5) is 36.2. The van der Waals surface area contributed by atoms with Crippen molar-refractivity contribution in [3.8, 4) is 23.0 Å². The largest absolute Gasteiger partial charge is 0.507 e. The first-order valence-corrected chi connectivity index (χ1v) is 23.1. The first kappa shape index (κ1) is 42.3. The van der Waals surface area contributed by atoms with Crippen LogP contribution in [0.1, 0.15) is 22.3 Å². The van der Waals surface area contributed by atoms with Crippen LogP contribution >= 0.6 is 151 Å². The molecule has 4 aromatic rings. The van der Waals surface area contributed by atoms with Crippen LogP contribution in [0.2, 0.25) is 0 Å². The van der Waals surface area contributed by atoms with Gasteiger partial charge in [-0.1, -0.05) is 6.07 Å². The van der Waals surface area contributed by atoms with Crippen LogP contribution < -0.4 is 10.5 Å². The van der Waals surface area contributed by atoms with Crippen molar-refractivity contribution in [1.82, 2.24) is 0 Å². The Kier molecular flexibility index (Phi) is 16.8. The molecule has 0 fully saturated rings. The second kappa shape index (κ2) is 18.6. The number of aromatic hydroxyl groups is 2. The number of phenols is 2. The highest BCUT2D eigenvalue weighted by Gasteiger charge is 2.25. The van der Waals surface area contributed by atoms with Gasteiger partial charge in [-0.25, -0.2) is 0 Å². The van der Waals surface area contributed by atoms with Crippen molar-refractivity contribution in [2.45, 2.75) is 25.0 Å². The van der Waals surface area contributed by atoms with Crippen molar-refractivity contribution in [3.63, 3.8) is 0 Å². The van der Waals surface area contributed by atoms with Gasteiger partial charge in [-0.2, -0.15) is 0 Å². The third-order valence-corrected chi connectivity index (χ3v) is 13.5. The third-order valence-electron chi connectivity index (χ3n) is 6.36. The van der Waals surface area contributed by atoms with E-state index < -0.39 is 21.0 Å². The van der Waals surface area contributed by atoms with E-state index in [-0.39, 0.29) is 24.1 Å². The summed E-state index contributed by atoms with van der Waals surface area (Å²) in [6.07, 6.45) is 1.07. The summed E-state index contributed by atoms with van der Waals surface area (Å²) in [5.74, 6) is 0.481. The molecular weight excluding hydrogens is 1330 g/mol. The van der Waals surface area contributed by atoms with Gasteiger partial charge >= 0.3 is 15.2 Å². The molecule has 10 nitrogen and oxygen atoms in total. The van der Waals surface area contributed by atoms with Crippen LogP contribution in [-0.2, 0) is 28.4 Å². The Balaban J connectivity index is 0.000000256. The second-order valence-electron chi connectivity index (χ2n) is 10.1. The predicted molar refractivity (Wildman–Crippen MR) is 233 cm³/mol. The molecule has 18 heteroatoms. The van der Waals surface area contributed by atoms with Gasteiger partial charge in [-0.05, 0) is 232 Å². The lowest BCUT2D eigenvalue weighted by atomic mass is 10.0. The van der Waals surface area contributed by atoms with Gasteiger partial charge in [0.25, 0.3) is 0 Å². The van der Waals surface area contributed by atoms with Crippen LogP contribution in [0.3, 0.4) is 0 Å². The van der Waals surface area contributed by atoms with E-state index in [0.717, 1.165) is 41.0 Å². The first-order chi connectivity index (χ1) is 21.7. The maximum atomic E-state index is 11.2.